The lowest BCUT2D eigenvalue weighted by atomic mass is 9.99. The second kappa shape index (κ2) is 12.5. The molecule has 1 fully saturated rings. The van der Waals surface area contributed by atoms with Gasteiger partial charge >= 0.3 is 0 Å². The van der Waals surface area contributed by atoms with Crippen molar-refractivity contribution in [1.82, 2.24) is 19.4 Å². The van der Waals surface area contributed by atoms with Crippen molar-refractivity contribution in [3.05, 3.63) is 96.2 Å². The SMILES string of the molecule is N=c1c2c(-c3ccccc3)nn(-c3ccc(S(=O)(=O)O)cc3)c2ncn1N=Cc1ccc(OC2OC(CO)C(O)C(O)C2O)cc1. The Morgan fingerprint density at radius 2 is 1.65 bits per heavy atom. The van der Waals surface area contributed by atoms with E-state index in [9.17, 15) is 33.4 Å². The van der Waals surface area contributed by atoms with Crippen LogP contribution in [0.4, 0.5) is 0 Å². The number of fused-ring (bicyclic) bond motifs is 1. The minimum atomic E-state index is -4.38. The Morgan fingerprint density at radius 3 is 2.30 bits per heavy atom. The smallest absolute Gasteiger partial charge is 0.294 e. The van der Waals surface area contributed by atoms with Crippen LogP contribution in [0.2, 0.25) is 0 Å². The van der Waals surface area contributed by atoms with Gasteiger partial charge in [0.05, 0.1) is 28.8 Å². The largest absolute Gasteiger partial charge is 0.462 e. The molecule has 1 saturated heterocycles. The number of rotatable bonds is 8. The summed E-state index contributed by atoms with van der Waals surface area (Å²) in [6.45, 7) is -0.575. The molecule has 0 bridgehead atoms. The number of ether oxygens (including phenoxy) is 2. The van der Waals surface area contributed by atoms with Gasteiger partial charge in [0, 0.05) is 5.56 Å². The van der Waals surface area contributed by atoms with Gasteiger partial charge in [0.1, 0.15) is 42.2 Å². The van der Waals surface area contributed by atoms with Crippen molar-refractivity contribution in [2.24, 2.45) is 5.10 Å². The Balaban J connectivity index is 1.29. The van der Waals surface area contributed by atoms with Gasteiger partial charge in [-0.05, 0) is 54.1 Å². The Hall–Kier alpha value is -4.81. The van der Waals surface area contributed by atoms with Gasteiger partial charge in [-0.3, -0.25) is 9.96 Å². The highest BCUT2D eigenvalue weighted by Gasteiger charge is 2.44. The van der Waals surface area contributed by atoms with Crippen molar-refractivity contribution in [1.29, 1.82) is 5.41 Å². The van der Waals surface area contributed by atoms with E-state index in [4.69, 9.17) is 20.0 Å². The lowest BCUT2D eigenvalue weighted by Gasteiger charge is -2.39. The lowest BCUT2D eigenvalue weighted by Crippen LogP contribution is -2.60. The average Bonchev–Trinajstić information content (AvgIpc) is 3.46. The maximum atomic E-state index is 11.5. The van der Waals surface area contributed by atoms with E-state index >= 15 is 0 Å². The second-order valence-electron chi connectivity index (χ2n) is 10.4. The molecule has 5 atom stereocenters. The van der Waals surface area contributed by atoms with Gasteiger partial charge < -0.3 is 29.9 Å². The summed E-state index contributed by atoms with van der Waals surface area (Å²) >= 11 is 0. The maximum absolute atomic E-state index is 11.5. The van der Waals surface area contributed by atoms with Crippen molar-refractivity contribution >= 4 is 27.4 Å². The summed E-state index contributed by atoms with van der Waals surface area (Å²) in [6, 6.07) is 21.1. The Bertz CT molecular complexity index is 2050. The van der Waals surface area contributed by atoms with Crippen LogP contribution in [0.25, 0.3) is 28.0 Å². The molecule has 0 aliphatic carbocycles. The molecule has 16 heteroatoms. The summed E-state index contributed by atoms with van der Waals surface area (Å²) in [5.41, 5.74) is 2.54. The fraction of sp³-hybridized carbons (Fsp3) is 0.200. The number of benzene rings is 3. The number of nitrogens with one attached hydrogen (secondary N) is 1. The molecule has 1 aliphatic heterocycles. The first-order chi connectivity index (χ1) is 22.0. The Labute approximate surface area is 261 Å². The third-order valence-electron chi connectivity index (χ3n) is 7.35. The molecule has 3 aromatic carbocycles. The highest BCUT2D eigenvalue weighted by molar-refractivity contribution is 7.85. The number of aromatic nitrogens is 4. The van der Waals surface area contributed by atoms with E-state index in [2.05, 4.69) is 10.1 Å². The van der Waals surface area contributed by atoms with Crippen molar-refractivity contribution in [2.45, 2.75) is 35.6 Å². The number of hydrogen-bond donors (Lipinski definition) is 6. The molecule has 0 spiro atoms. The first-order valence-corrected chi connectivity index (χ1v) is 15.3. The van der Waals surface area contributed by atoms with Crippen LogP contribution in [0.3, 0.4) is 0 Å². The molecule has 0 amide bonds. The van der Waals surface area contributed by atoms with Crippen LogP contribution in [-0.4, -0.2) is 96.4 Å². The number of aliphatic hydroxyl groups excluding tert-OH is 4. The fourth-order valence-corrected chi connectivity index (χ4v) is 5.39. The molecule has 15 nitrogen and oxygen atoms in total. The van der Waals surface area contributed by atoms with E-state index in [0.717, 1.165) is 0 Å². The molecule has 0 saturated carbocycles. The lowest BCUT2D eigenvalue weighted by molar-refractivity contribution is -0.277. The second-order valence-corrected chi connectivity index (χ2v) is 11.8. The zero-order valence-electron chi connectivity index (χ0n) is 23.8. The topological polar surface area (TPSA) is 226 Å². The van der Waals surface area contributed by atoms with Crippen LogP contribution < -0.4 is 10.2 Å². The monoisotopic (exact) mass is 648 g/mol. The number of nitrogens with zero attached hydrogens (tertiary/aromatic N) is 5. The molecule has 46 heavy (non-hydrogen) atoms. The minimum absolute atomic E-state index is 0.0246. The van der Waals surface area contributed by atoms with Gasteiger partial charge in [0.15, 0.2) is 11.1 Å². The summed E-state index contributed by atoms with van der Waals surface area (Å²) in [5, 5.41) is 58.0. The van der Waals surface area contributed by atoms with E-state index in [-0.39, 0.29) is 16.1 Å². The van der Waals surface area contributed by atoms with Crippen LogP contribution >= 0.6 is 0 Å². The molecule has 1 aliphatic rings. The van der Waals surface area contributed by atoms with Crippen LogP contribution in [0.15, 0.2) is 95.2 Å². The quantitative estimate of drug-likeness (QED) is 0.101. The summed E-state index contributed by atoms with van der Waals surface area (Å²) < 4.78 is 46.1. The van der Waals surface area contributed by atoms with Crippen LogP contribution in [0.5, 0.6) is 5.75 Å². The van der Waals surface area contributed by atoms with Gasteiger partial charge in [-0.25, -0.2) is 14.3 Å². The van der Waals surface area contributed by atoms with Crippen LogP contribution in [0, 0.1) is 5.41 Å². The first kappa shape index (κ1) is 31.2. The number of aliphatic hydroxyl groups is 4. The van der Waals surface area contributed by atoms with E-state index in [1.807, 2.05) is 30.3 Å². The molecular formula is C30H28N6O9S. The maximum Gasteiger partial charge on any atom is 0.294 e. The van der Waals surface area contributed by atoms with Crippen LogP contribution in [-0.2, 0) is 14.9 Å². The molecule has 6 rings (SSSR count). The van der Waals surface area contributed by atoms with Crippen molar-refractivity contribution in [2.75, 3.05) is 6.61 Å². The van der Waals surface area contributed by atoms with Crippen LogP contribution in [0.1, 0.15) is 5.56 Å². The predicted molar refractivity (Wildman–Crippen MR) is 162 cm³/mol. The van der Waals surface area contributed by atoms with Gasteiger partial charge in [-0.2, -0.15) is 18.6 Å². The highest BCUT2D eigenvalue weighted by Crippen LogP contribution is 2.27. The molecule has 0 radical (unpaired) electrons. The third-order valence-corrected chi connectivity index (χ3v) is 8.22. The van der Waals surface area contributed by atoms with E-state index < -0.39 is 47.4 Å². The standard InChI is InChI=1S/C30H28N6O9S/c31-28-23-24(18-4-2-1-3-5-18)34-36(19-8-12-21(13-9-19)46(41,42)43)29(23)32-16-35(28)33-14-17-6-10-20(11-7-17)44-30-27(40)26(39)25(38)22(15-37)45-30/h1-14,16,22,25-27,30-31,37-40H,15H2,(H,41,42,43). The first-order valence-electron chi connectivity index (χ1n) is 13.8. The molecule has 238 valence electrons. The van der Waals surface area contributed by atoms with Crippen molar-refractivity contribution in [3.63, 3.8) is 0 Å². The predicted octanol–water partition coefficient (Wildman–Crippen LogP) is 0.676. The molecular weight excluding hydrogens is 620 g/mol. The average molecular weight is 649 g/mol. The Kier molecular flexibility index (Phi) is 8.49. The van der Waals surface area contributed by atoms with Crippen molar-refractivity contribution < 1.29 is 42.9 Å². The molecule has 2 aromatic heterocycles. The van der Waals surface area contributed by atoms with Gasteiger partial charge in [0.25, 0.3) is 10.1 Å². The van der Waals surface area contributed by atoms with E-state index in [1.165, 1.54) is 46.2 Å². The van der Waals surface area contributed by atoms with E-state index in [1.54, 1.807) is 24.3 Å². The molecule has 3 heterocycles. The molecule has 5 aromatic rings. The highest BCUT2D eigenvalue weighted by atomic mass is 32.2. The summed E-state index contributed by atoms with van der Waals surface area (Å²) in [4.78, 5) is 4.23. The molecule has 6 N–H and O–H groups in total. The van der Waals surface area contributed by atoms with Gasteiger partial charge in [-0.1, -0.05) is 30.3 Å². The van der Waals surface area contributed by atoms with Crippen molar-refractivity contribution in [3.8, 4) is 22.7 Å². The summed E-state index contributed by atoms with van der Waals surface area (Å²) in [7, 11) is -4.38. The summed E-state index contributed by atoms with van der Waals surface area (Å²) in [5.74, 6) is 0.280. The normalized spacial score (nSPS) is 22.0. The van der Waals surface area contributed by atoms with E-state index in [0.29, 0.717) is 33.5 Å². The summed E-state index contributed by atoms with van der Waals surface area (Å²) in [6.07, 6.45) is -4.20. The minimum Gasteiger partial charge on any atom is -0.462 e. The van der Waals surface area contributed by atoms with Gasteiger partial charge in [-0.15, -0.1) is 0 Å². The number of hydrogen-bond acceptors (Lipinski definition) is 12. The zero-order valence-corrected chi connectivity index (χ0v) is 24.6. The third kappa shape index (κ3) is 6.05. The molecule has 5 unspecified atom stereocenters. The Morgan fingerprint density at radius 1 is 0.957 bits per heavy atom. The fourth-order valence-electron chi connectivity index (χ4n) is 4.91. The zero-order chi connectivity index (χ0) is 32.6. The van der Waals surface area contributed by atoms with Gasteiger partial charge in [0.2, 0.25) is 6.29 Å².